The quantitative estimate of drug-likeness (QED) is 0.270. The van der Waals surface area contributed by atoms with Crippen LogP contribution in [0, 0.1) is 0 Å². The van der Waals surface area contributed by atoms with Crippen molar-refractivity contribution in [3.8, 4) is 0 Å². The largest absolute Gasteiger partial charge is 0.268 e. The van der Waals surface area contributed by atoms with Gasteiger partial charge in [-0.3, -0.25) is 9.59 Å². The predicted octanol–water partition coefficient (Wildman–Crippen LogP) is 7.04. The third-order valence-corrected chi connectivity index (χ3v) is 6.27. The van der Waals surface area contributed by atoms with Gasteiger partial charge in [-0.2, -0.15) is 0 Å². The molecule has 1 aliphatic heterocycles. The van der Waals surface area contributed by atoms with E-state index in [1.807, 2.05) is 42.5 Å². The van der Waals surface area contributed by atoms with Gasteiger partial charge in [0.05, 0.1) is 16.8 Å². The van der Waals surface area contributed by atoms with Crippen LogP contribution in [0.2, 0.25) is 0 Å². The second-order valence-corrected chi connectivity index (χ2v) is 8.98. The monoisotopic (exact) mass is 407 g/mol. The molecular formula is C28H25NO2. The minimum atomic E-state index is -0.231. The van der Waals surface area contributed by atoms with Crippen LogP contribution >= 0.6 is 0 Å². The number of amides is 2. The van der Waals surface area contributed by atoms with Crippen LogP contribution in [0.5, 0.6) is 0 Å². The molecule has 0 saturated heterocycles. The normalized spacial score (nSPS) is 13.8. The Morgan fingerprint density at radius 3 is 1.45 bits per heavy atom. The van der Waals surface area contributed by atoms with Crippen molar-refractivity contribution in [1.82, 2.24) is 0 Å². The Hall–Kier alpha value is -3.46. The highest BCUT2D eigenvalue weighted by molar-refractivity contribution is 6.36. The van der Waals surface area contributed by atoms with Crippen LogP contribution in [-0.2, 0) is 0 Å². The fraction of sp³-hybridized carbons (Fsp3) is 0.214. The highest BCUT2D eigenvalue weighted by atomic mass is 16.2. The van der Waals surface area contributed by atoms with Gasteiger partial charge in [0.15, 0.2) is 0 Å². The lowest BCUT2D eigenvalue weighted by Gasteiger charge is -2.25. The van der Waals surface area contributed by atoms with Crippen LogP contribution < -0.4 is 4.90 Å². The van der Waals surface area contributed by atoms with E-state index < -0.39 is 0 Å². The highest BCUT2D eigenvalue weighted by Gasteiger charge is 2.39. The van der Waals surface area contributed by atoms with Crippen molar-refractivity contribution in [2.45, 2.75) is 39.5 Å². The molecule has 4 aromatic carbocycles. The van der Waals surface area contributed by atoms with Crippen molar-refractivity contribution in [2.24, 2.45) is 0 Å². The molecule has 0 spiro atoms. The molecule has 0 unspecified atom stereocenters. The number of fused-ring (bicyclic) bond motifs is 3. The summed E-state index contributed by atoms with van der Waals surface area (Å²) in [5, 5.41) is 4.19. The average molecular weight is 408 g/mol. The van der Waals surface area contributed by atoms with E-state index in [-0.39, 0.29) is 23.7 Å². The molecule has 2 amide bonds. The summed E-state index contributed by atoms with van der Waals surface area (Å²) >= 11 is 0. The molecule has 0 atom stereocenters. The minimum Gasteiger partial charge on any atom is -0.268 e. The Morgan fingerprint density at radius 2 is 1.03 bits per heavy atom. The van der Waals surface area contributed by atoms with Crippen molar-refractivity contribution in [1.29, 1.82) is 0 Å². The summed E-state index contributed by atoms with van der Waals surface area (Å²) in [6, 6.07) is 22.2. The van der Waals surface area contributed by atoms with Crippen LogP contribution in [0.1, 0.15) is 71.4 Å². The standard InChI is InChI=1S/C28H25NO2/c1-16(2)22-10-7-11-23(17(3)4)26(22)29-27(30)24-14-20-12-18-8-5-6-9-19(18)13-21(20)15-25(24)28(29)31/h5-17H,1-4H3. The first-order valence-corrected chi connectivity index (χ1v) is 10.8. The molecule has 0 radical (unpaired) electrons. The summed E-state index contributed by atoms with van der Waals surface area (Å²) in [7, 11) is 0. The Labute approximate surface area is 182 Å². The van der Waals surface area contributed by atoms with E-state index in [0.717, 1.165) is 38.4 Å². The maximum absolute atomic E-state index is 13.6. The third-order valence-electron chi connectivity index (χ3n) is 6.27. The van der Waals surface area contributed by atoms with E-state index in [4.69, 9.17) is 0 Å². The van der Waals surface area contributed by atoms with Crippen LogP contribution in [0.4, 0.5) is 5.69 Å². The van der Waals surface area contributed by atoms with Gasteiger partial charge in [-0.15, -0.1) is 0 Å². The molecule has 0 fully saturated rings. The van der Waals surface area contributed by atoms with Crippen LogP contribution in [-0.4, -0.2) is 11.8 Å². The zero-order chi connectivity index (χ0) is 21.9. The van der Waals surface area contributed by atoms with Crippen LogP contribution in [0.3, 0.4) is 0 Å². The van der Waals surface area contributed by atoms with Gasteiger partial charge in [-0.05, 0) is 68.8 Å². The second-order valence-electron chi connectivity index (χ2n) is 8.98. The van der Waals surface area contributed by atoms with Gasteiger partial charge in [0.2, 0.25) is 0 Å². The van der Waals surface area contributed by atoms with E-state index in [1.54, 1.807) is 0 Å². The van der Waals surface area contributed by atoms with Gasteiger partial charge in [0, 0.05) is 0 Å². The number of rotatable bonds is 3. The molecule has 4 aromatic rings. The van der Waals surface area contributed by atoms with Crippen molar-refractivity contribution < 1.29 is 9.59 Å². The molecule has 31 heavy (non-hydrogen) atoms. The van der Waals surface area contributed by atoms with Gasteiger partial charge >= 0.3 is 0 Å². The maximum atomic E-state index is 13.6. The van der Waals surface area contributed by atoms with E-state index in [0.29, 0.717) is 11.1 Å². The molecule has 0 saturated carbocycles. The molecule has 3 nitrogen and oxygen atoms in total. The van der Waals surface area contributed by atoms with Crippen LogP contribution in [0.25, 0.3) is 21.5 Å². The maximum Gasteiger partial charge on any atom is 0.266 e. The van der Waals surface area contributed by atoms with E-state index >= 15 is 0 Å². The number of nitrogens with zero attached hydrogens (tertiary/aromatic N) is 1. The van der Waals surface area contributed by atoms with Gasteiger partial charge in [-0.25, -0.2) is 4.90 Å². The SMILES string of the molecule is CC(C)c1cccc(C(C)C)c1N1C(=O)c2cc3cc4ccccc4cc3cc2C1=O. The first-order chi connectivity index (χ1) is 14.9. The van der Waals surface area contributed by atoms with Gasteiger partial charge < -0.3 is 0 Å². The average Bonchev–Trinajstić information content (AvgIpc) is 2.99. The second kappa shape index (κ2) is 7.05. The topological polar surface area (TPSA) is 37.4 Å². The van der Waals surface area contributed by atoms with Gasteiger partial charge in [0.25, 0.3) is 11.8 Å². The predicted molar refractivity (Wildman–Crippen MR) is 127 cm³/mol. The van der Waals surface area contributed by atoms with Crippen molar-refractivity contribution in [3.05, 3.63) is 89.0 Å². The Kier molecular flexibility index (Phi) is 4.44. The molecule has 1 aliphatic rings. The minimum absolute atomic E-state index is 0.197. The Morgan fingerprint density at radius 1 is 0.581 bits per heavy atom. The molecule has 0 N–H and O–H groups in total. The van der Waals surface area contributed by atoms with E-state index in [9.17, 15) is 9.59 Å². The van der Waals surface area contributed by atoms with Crippen LogP contribution in [0.15, 0.2) is 66.7 Å². The summed E-state index contributed by atoms with van der Waals surface area (Å²) in [4.78, 5) is 28.5. The fourth-order valence-electron chi connectivity index (χ4n) is 4.65. The number of benzene rings is 4. The first kappa shape index (κ1) is 19.5. The number of carbonyl (C=O) groups is 2. The molecule has 0 aromatic heterocycles. The lowest BCUT2D eigenvalue weighted by atomic mass is 9.92. The first-order valence-electron chi connectivity index (χ1n) is 10.8. The summed E-state index contributed by atoms with van der Waals surface area (Å²) in [6.45, 7) is 8.39. The Balaban J connectivity index is 1.73. The summed E-state index contributed by atoms with van der Waals surface area (Å²) in [5.74, 6) is -0.0696. The molecule has 0 bridgehead atoms. The molecule has 1 heterocycles. The number of hydrogen-bond donors (Lipinski definition) is 0. The lowest BCUT2D eigenvalue weighted by Crippen LogP contribution is -2.31. The van der Waals surface area contributed by atoms with Crippen molar-refractivity contribution >= 4 is 39.0 Å². The van der Waals surface area contributed by atoms with Crippen molar-refractivity contribution in [2.75, 3.05) is 4.90 Å². The highest BCUT2D eigenvalue weighted by Crippen LogP contribution is 2.40. The Bertz CT molecular complexity index is 1280. The number of imide groups is 1. The van der Waals surface area contributed by atoms with E-state index in [1.165, 1.54) is 4.90 Å². The summed E-state index contributed by atoms with van der Waals surface area (Å²) in [6.07, 6.45) is 0. The summed E-state index contributed by atoms with van der Waals surface area (Å²) in [5.41, 5.74) is 3.78. The lowest BCUT2D eigenvalue weighted by molar-refractivity contribution is 0.0925. The smallest absolute Gasteiger partial charge is 0.266 e. The van der Waals surface area contributed by atoms with E-state index in [2.05, 4.69) is 52.0 Å². The third kappa shape index (κ3) is 2.96. The number of carbonyl (C=O) groups excluding carboxylic acids is 2. The molecular weight excluding hydrogens is 382 g/mol. The zero-order valence-electron chi connectivity index (χ0n) is 18.3. The number of para-hydroxylation sites is 1. The number of hydrogen-bond acceptors (Lipinski definition) is 2. The van der Waals surface area contributed by atoms with Gasteiger partial charge in [0.1, 0.15) is 0 Å². The zero-order valence-corrected chi connectivity index (χ0v) is 18.3. The molecule has 5 rings (SSSR count). The molecule has 3 heteroatoms. The summed E-state index contributed by atoms with van der Waals surface area (Å²) < 4.78 is 0. The molecule has 154 valence electrons. The van der Waals surface area contributed by atoms with Gasteiger partial charge in [-0.1, -0.05) is 70.2 Å². The van der Waals surface area contributed by atoms with Crippen molar-refractivity contribution in [3.63, 3.8) is 0 Å². The molecule has 0 aliphatic carbocycles. The fourth-order valence-corrected chi connectivity index (χ4v) is 4.65. The number of anilines is 1.